The SMILES string of the molecule is CC(C)(C)C1CCC(Oc2ccc3cc(CN4CC(C(=O)O)C4)ccc3n2)CC1.CC(C)(C)C1CCC(Oc2ccc3cc(CN4CCC(C(=O)O)C4)ccc3n2)CC1. The second-order valence-corrected chi connectivity index (χ2v) is 20.1. The molecule has 1 atom stereocenters. The molecule has 318 valence electrons. The maximum absolute atomic E-state index is 11.2. The lowest BCUT2D eigenvalue weighted by atomic mass is 9.72. The van der Waals surface area contributed by atoms with Crippen LogP contribution in [0.5, 0.6) is 11.8 Å². The van der Waals surface area contributed by atoms with Crippen LogP contribution in [0.3, 0.4) is 0 Å². The van der Waals surface area contributed by atoms with Crippen molar-refractivity contribution in [1.29, 1.82) is 0 Å². The van der Waals surface area contributed by atoms with E-state index in [1.807, 2.05) is 18.2 Å². The van der Waals surface area contributed by atoms with Crippen molar-refractivity contribution >= 4 is 33.7 Å². The number of fused-ring (bicyclic) bond motifs is 2. The van der Waals surface area contributed by atoms with Gasteiger partial charge in [0.15, 0.2) is 0 Å². The molecule has 2 aliphatic carbocycles. The molecule has 4 heterocycles. The van der Waals surface area contributed by atoms with Crippen LogP contribution in [0.4, 0.5) is 0 Å². The summed E-state index contributed by atoms with van der Waals surface area (Å²) in [5, 5.41) is 20.4. The Balaban J connectivity index is 0.000000179. The number of carboxylic acids is 2. The third-order valence-corrected chi connectivity index (χ3v) is 13.6. The van der Waals surface area contributed by atoms with Gasteiger partial charge in [-0.15, -0.1) is 0 Å². The average molecular weight is 807 g/mol. The number of nitrogens with zero attached hydrogens (tertiary/aromatic N) is 4. The van der Waals surface area contributed by atoms with Crippen molar-refractivity contribution in [2.75, 3.05) is 26.2 Å². The first-order chi connectivity index (χ1) is 28.1. The minimum Gasteiger partial charge on any atom is -0.481 e. The molecule has 10 nitrogen and oxygen atoms in total. The van der Waals surface area contributed by atoms with E-state index in [1.54, 1.807) is 0 Å². The number of likely N-dealkylation sites (tertiary alicyclic amines) is 2. The minimum absolute atomic E-state index is 0.213. The standard InChI is InChI=1S/C25H34N2O3.C24H32N2O3/c1-25(2,3)20-6-8-21(9-7-20)30-23-11-5-18-14-17(4-10-22(18)26-23)15-27-13-12-19(16-27)24(28)29;1-24(2,3)19-6-8-20(9-7-19)29-22-11-5-17-12-16(4-10-21(17)25-22)13-26-14-18(15-26)23(27)28/h4-5,10-11,14,19-21H,6-9,12-13,15-16H2,1-3H3,(H,28,29);4-5,10-12,18-20H,6-9,13-15H2,1-3H3,(H,27,28). The number of rotatable bonds is 10. The van der Waals surface area contributed by atoms with E-state index in [0.717, 1.165) is 97.1 Å². The van der Waals surface area contributed by atoms with Crippen LogP contribution in [0.1, 0.15) is 110 Å². The van der Waals surface area contributed by atoms with E-state index in [9.17, 15) is 14.7 Å². The molecule has 0 amide bonds. The number of pyridine rings is 2. The van der Waals surface area contributed by atoms with Crippen LogP contribution >= 0.6 is 0 Å². The smallest absolute Gasteiger partial charge is 0.309 e. The highest BCUT2D eigenvalue weighted by molar-refractivity contribution is 5.80. The number of benzene rings is 2. The molecule has 2 N–H and O–H groups in total. The first-order valence-corrected chi connectivity index (χ1v) is 22.1. The van der Waals surface area contributed by atoms with Gasteiger partial charge in [-0.2, -0.15) is 0 Å². The second-order valence-electron chi connectivity index (χ2n) is 20.1. The summed E-state index contributed by atoms with van der Waals surface area (Å²) in [5.74, 6) is 1.18. The first-order valence-electron chi connectivity index (χ1n) is 22.1. The van der Waals surface area contributed by atoms with Crippen LogP contribution in [-0.2, 0) is 22.7 Å². The second kappa shape index (κ2) is 18.1. The number of hydrogen-bond acceptors (Lipinski definition) is 8. The van der Waals surface area contributed by atoms with Crippen LogP contribution in [0, 0.1) is 34.5 Å². The molecule has 2 aromatic carbocycles. The van der Waals surface area contributed by atoms with Crippen LogP contribution in [-0.4, -0.2) is 80.3 Å². The maximum Gasteiger partial charge on any atom is 0.309 e. The highest BCUT2D eigenvalue weighted by Gasteiger charge is 2.34. The van der Waals surface area contributed by atoms with Gasteiger partial charge in [0.25, 0.3) is 0 Å². The molecule has 2 saturated heterocycles. The quantitative estimate of drug-likeness (QED) is 0.160. The molecule has 4 aromatic rings. The predicted molar refractivity (Wildman–Crippen MR) is 233 cm³/mol. The molecule has 2 saturated carbocycles. The Morgan fingerprint density at radius 2 is 1.00 bits per heavy atom. The molecule has 1 unspecified atom stereocenters. The number of aromatic nitrogens is 2. The lowest BCUT2D eigenvalue weighted by molar-refractivity contribution is -0.147. The highest BCUT2D eigenvalue weighted by Crippen LogP contribution is 2.40. The van der Waals surface area contributed by atoms with Gasteiger partial charge in [0.1, 0.15) is 12.2 Å². The zero-order chi connectivity index (χ0) is 41.9. The molecule has 8 rings (SSSR count). The van der Waals surface area contributed by atoms with Crippen molar-refractivity contribution in [2.45, 2.75) is 125 Å². The molecule has 0 radical (unpaired) electrons. The normalized spacial score (nSPS) is 24.6. The van der Waals surface area contributed by atoms with Crippen LogP contribution in [0.2, 0.25) is 0 Å². The Hall–Kier alpha value is -4.28. The number of carboxylic acid groups (broad SMARTS) is 2. The largest absolute Gasteiger partial charge is 0.481 e. The summed E-state index contributed by atoms with van der Waals surface area (Å²) in [6, 6.07) is 20.7. The summed E-state index contributed by atoms with van der Waals surface area (Å²) < 4.78 is 12.4. The lowest BCUT2D eigenvalue weighted by Crippen LogP contribution is -2.49. The van der Waals surface area contributed by atoms with E-state index >= 15 is 0 Å². The third-order valence-electron chi connectivity index (χ3n) is 13.6. The van der Waals surface area contributed by atoms with Gasteiger partial charge in [-0.1, -0.05) is 53.7 Å². The third kappa shape index (κ3) is 11.3. The summed E-state index contributed by atoms with van der Waals surface area (Å²) in [6.07, 6.45) is 10.6. The molecular weight excluding hydrogens is 741 g/mol. The van der Waals surface area contributed by atoms with Crippen molar-refractivity contribution in [3.63, 3.8) is 0 Å². The summed E-state index contributed by atoms with van der Waals surface area (Å²) in [5.41, 5.74) is 5.05. The van der Waals surface area contributed by atoms with Gasteiger partial charge in [0, 0.05) is 55.6 Å². The molecule has 59 heavy (non-hydrogen) atoms. The molecular formula is C49H66N4O6. The topological polar surface area (TPSA) is 125 Å². The van der Waals surface area contributed by atoms with E-state index in [0.29, 0.717) is 30.5 Å². The van der Waals surface area contributed by atoms with Gasteiger partial charge in [-0.05, 0) is 135 Å². The van der Waals surface area contributed by atoms with Crippen LogP contribution in [0.15, 0.2) is 60.7 Å². The fourth-order valence-corrected chi connectivity index (χ4v) is 9.62. The van der Waals surface area contributed by atoms with Crippen molar-refractivity contribution in [3.05, 3.63) is 71.8 Å². The van der Waals surface area contributed by atoms with Crippen molar-refractivity contribution in [1.82, 2.24) is 19.8 Å². The molecule has 4 aliphatic rings. The zero-order valence-corrected chi connectivity index (χ0v) is 36.2. The van der Waals surface area contributed by atoms with Crippen LogP contribution < -0.4 is 9.47 Å². The fourth-order valence-electron chi connectivity index (χ4n) is 9.62. The van der Waals surface area contributed by atoms with Gasteiger partial charge < -0.3 is 19.7 Å². The van der Waals surface area contributed by atoms with Gasteiger partial charge in [0.2, 0.25) is 11.8 Å². The van der Waals surface area contributed by atoms with E-state index in [2.05, 4.69) is 93.8 Å². The summed E-state index contributed by atoms with van der Waals surface area (Å²) in [6.45, 7) is 18.4. The summed E-state index contributed by atoms with van der Waals surface area (Å²) in [7, 11) is 0. The van der Waals surface area contributed by atoms with Crippen molar-refractivity contribution in [2.24, 2.45) is 34.5 Å². The lowest BCUT2D eigenvalue weighted by Gasteiger charge is -2.36. The molecule has 4 fully saturated rings. The van der Waals surface area contributed by atoms with E-state index < -0.39 is 11.9 Å². The molecule has 10 heteroatoms. The van der Waals surface area contributed by atoms with Gasteiger partial charge in [-0.3, -0.25) is 19.4 Å². The number of hydrogen-bond donors (Lipinski definition) is 2. The minimum atomic E-state index is -0.691. The maximum atomic E-state index is 11.2. The number of ether oxygens (including phenoxy) is 2. The Morgan fingerprint density at radius 1 is 0.576 bits per heavy atom. The molecule has 2 aromatic heterocycles. The Labute approximate surface area is 350 Å². The molecule has 0 bridgehead atoms. The highest BCUT2D eigenvalue weighted by atomic mass is 16.5. The monoisotopic (exact) mass is 806 g/mol. The van der Waals surface area contributed by atoms with Crippen LogP contribution in [0.25, 0.3) is 21.8 Å². The zero-order valence-electron chi connectivity index (χ0n) is 36.2. The fraction of sp³-hybridized carbons (Fsp3) is 0.592. The van der Waals surface area contributed by atoms with Gasteiger partial charge in [0.05, 0.1) is 22.9 Å². The number of carbonyl (C=O) groups is 2. The summed E-state index contributed by atoms with van der Waals surface area (Å²) in [4.78, 5) is 35.9. The summed E-state index contributed by atoms with van der Waals surface area (Å²) >= 11 is 0. The molecule has 0 spiro atoms. The van der Waals surface area contributed by atoms with E-state index in [-0.39, 0.29) is 24.0 Å². The first kappa shape index (κ1) is 42.8. The Bertz CT molecular complexity index is 2070. The van der Waals surface area contributed by atoms with Crippen molar-refractivity contribution in [3.8, 4) is 11.8 Å². The molecule has 2 aliphatic heterocycles. The predicted octanol–water partition coefficient (Wildman–Crippen LogP) is 9.86. The number of aliphatic carboxylic acids is 2. The Kier molecular flexibility index (Phi) is 13.2. The average Bonchev–Trinajstić information content (AvgIpc) is 3.65. The van der Waals surface area contributed by atoms with E-state index in [1.165, 1.54) is 36.8 Å². The van der Waals surface area contributed by atoms with Gasteiger partial charge in [-0.25, -0.2) is 9.97 Å². The van der Waals surface area contributed by atoms with E-state index in [4.69, 9.17) is 24.5 Å². The Morgan fingerprint density at radius 3 is 1.41 bits per heavy atom. The van der Waals surface area contributed by atoms with Crippen molar-refractivity contribution < 1.29 is 29.3 Å². The van der Waals surface area contributed by atoms with Gasteiger partial charge >= 0.3 is 11.9 Å².